The molecule has 3 aromatic heterocycles. The summed E-state index contributed by atoms with van der Waals surface area (Å²) in [6.07, 6.45) is -4.37. The number of nitrogens with zero attached hydrogens (tertiary/aromatic N) is 3. The number of pyridine rings is 2. The van der Waals surface area contributed by atoms with Crippen LogP contribution in [0.15, 0.2) is 18.3 Å². The number of aromatic nitrogens is 3. The molecule has 0 fully saturated rings. The first-order chi connectivity index (χ1) is 15.0. The Bertz CT molecular complexity index is 1210. The van der Waals surface area contributed by atoms with E-state index in [1.807, 2.05) is 6.92 Å². The van der Waals surface area contributed by atoms with Crippen LogP contribution < -0.4 is 5.73 Å². The summed E-state index contributed by atoms with van der Waals surface area (Å²) in [7, 11) is 0. The number of carbonyl (C=O) groups excluding carboxylic acids is 1. The average Bonchev–Trinajstić information content (AvgIpc) is 3.31. The van der Waals surface area contributed by atoms with Crippen LogP contribution in [0.3, 0.4) is 0 Å². The van der Waals surface area contributed by atoms with Crippen molar-refractivity contribution in [1.29, 1.82) is 0 Å². The molecule has 1 aliphatic rings. The van der Waals surface area contributed by atoms with Gasteiger partial charge in [-0.05, 0) is 32.9 Å². The van der Waals surface area contributed by atoms with Crippen LogP contribution in [-0.2, 0) is 17.5 Å². The second-order valence-corrected chi connectivity index (χ2v) is 7.64. The molecule has 7 nitrogen and oxygen atoms in total. The summed E-state index contributed by atoms with van der Waals surface area (Å²) in [4.78, 5) is 25.6. The Morgan fingerprint density at radius 2 is 2.12 bits per heavy atom. The number of hydrogen-bond donors (Lipinski definition) is 2. The van der Waals surface area contributed by atoms with Crippen molar-refractivity contribution in [3.05, 3.63) is 52.2 Å². The maximum Gasteiger partial charge on any atom is 0.417 e. The third-order valence-electron chi connectivity index (χ3n) is 5.72. The predicted octanol–water partition coefficient (Wildman–Crippen LogP) is 4.51. The van der Waals surface area contributed by atoms with E-state index >= 15 is 0 Å². The topological polar surface area (TPSA) is 97.1 Å². The number of hydrogen-bond acceptors (Lipinski definition) is 5. The van der Waals surface area contributed by atoms with E-state index in [9.17, 15) is 22.4 Å². The molecule has 0 saturated heterocycles. The number of ether oxygens (including phenoxy) is 1. The van der Waals surface area contributed by atoms with Crippen LogP contribution in [0.2, 0.25) is 0 Å². The van der Waals surface area contributed by atoms with Crippen LogP contribution in [0.25, 0.3) is 11.0 Å². The minimum Gasteiger partial charge on any atom is -0.383 e. The summed E-state index contributed by atoms with van der Waals surface area (Å²) in [6, 6.07) is 1.02. The summed E-state index contributed by atoms with van der Waals surface area (Å²) in [6.45, 7) is 5.54. The van der Waals surface area contributed by atoms with E-state index in [-0.39, 0.29) is 24.0 Å². The first kappa shape index (κ1) is 22.0. The van der Waals surface area contributed by atoms with Crippen molar-refractivity contribution in [3.8, 4) is 0 Å². The van der Waals surface area contributed by atoms with E-state index in [4.69, 9.17) is 10.5 Å². The third-order valence-corrected chi connectivity index (χ3v) is 5.72. The van der Waals surface area contributed by atoms with Crippen molar-refractivity contribution in [1.82, 2.24) is 19.9 Å². The molecular weight excluding hydrogens is 430 g/mol. The smallest absolute Gasteiger partial charge is 0.383 e. The van der Waals surface area contributed by atoms with Gasteiger partial charge in [-0.1, -0.05) is 0 Å². The zero-order valence-corrected chi connectivity index (χ0v) is 17.5. The molecule has 4 heterocycles. The van der Waals surface area contributed by atoms with E-state index in [1.54, 1.807) is 13.0 Å². The number of H-pyrrole nitrogens is 1. The summed E-state index contributed by atoms with van der Waals surface area (Å²) in [5.74, 6) is -1.28. The Hall–Kier alpha value is -3.21. The molecule has 1 aliphatic heterocycles. The zero-order chi connectivity index (χ0) is 23.4. The van der Waals surface area contributed by atoms with Crippen LogP contribution in [0, 0.1) is 5.82 Å². The molecule has 1 amide bonds. The highest BCUT2D eigenvalue weighted by molar-refractivity contribution is 5.98. The molecule has 3 N–H and O–H groups in total. The predicted molar refractivity (Wildman–Crippen MR) is 108 cm³/mol. The lowest BCUT2D eigenvalue weighted by Gasteiger charge is -2.27. The van der Waals surface area contributed by atoms with Gasteiger partial charge in [0.1, 0.15) is 17.3 Å². The lowest BCUT2D eigenvalue weighted by Crippen LogP contribution is -2.34. The monoisotopic (exact) mass is 451 g/mol. The van der Waals surface area contributed by atoms with Gasteiger partial charge in [-0.2, -0.15) is 13.2 Å². The Morgan fingerprint density at radius 1 is 1.41 bits per heavy atom. The second-order valence-electron chi connectivity index (χ2n) is 7.64. The Morgan fingerprint density at radius 3 is 2.75 bits per heavy atom. The number of halogens is 4. The molecular formula is C21H21F4N5O2. The van der Waals surface area contributed by atoms with Gasteiger partial charge in [-0.3, -0.25) is 9.78 Å². The van der Waals surface area contributed by atoms with Gasteiger partial charge in [-0.25, -0.2) is 9.37 Å². The van der Waals surface area contributed by atoms with E-state index in [0.717, 1.165) is 11.1 Å². The summed E-state index contributed by atoms with van der Waals surface area (Å²) >= 11 is 0. The molecule has 0 spiro atoms. The number of fused-ring (bicyclic) bond motifs is 3. The van der Waals surface area contributed by atoms with Crippen molar-refractivity contribution in [3.63, 3.8) is 0 Å². The minimum atomic E-state index is -4.71. The molecule has 0 aromatic carbocycles. The standard InChI is InChI=1S/C21H21F4N5O2/c1-4-30(9(2)17-13(22)5-11(7-27-17)21(23,24)25)20(31)15-6-14-18(28-15)12-8-32-10(3)16(12)19(26)29-14/h5-7,9-10,28H,4,8H2,1-3H3,(H2,26,29)/t9-,10-/m1/s1. The first-order valence-electron chi connectivity index (χ1n) is 9.99. The highest BCUT2D eigenvalue weighted by atomic mass is 19.4. The molecule has 170 valence electrons. The van der Waals surface area contributed by atoms with E-state index in [1.165, 1.54) is 11.8 Å². The highest BCUT2D eigenvalue weighted by Gasteiger charge is 2.34. The van der Waals surface area contributed by atoms with Crippen molar-refractivity contribution in [2.75, 3.05) is 12.3 Å². The lowest BCUT2D eigenvalue weighted by atomic mass is 10.1. The molecule has 0 unspecified atom stereocenters. The Balaban J connectivity index is 1.68. The van der Waals surface area contributed by atoms with Gasteiger partial charge in [-0.15, -0.1) is 0 Å². The average molecular weight is 451 g/mol. The summed E-state index contributed by atoms with van der Waals surface area (Å²) in [5, 5.41) is 0. The molecule has 0 radical (unpaired) electrons. The maximum absolute atomic E-state index is 14.4. The SMILES string of the molecule is CCN(C(=O)c1cc2nc(N)c3c(c2[nH]1)CO[C@@H]3C)[C@H](C)c1ncc(C(F)(F)F)cc1F. The summed E-state index contributed by atoms with van der Waals surface area (Å²) < 4.78 is 58.5. The fourth-order valence-electron chi connectivity index (χ4n) is 4.06. The summed E-state index contributed by atoms with van der Waals surface area (Å²) in [5.41, 5.74) is 7.52. The van der Waals surface area contributed by atoms with Crippen molar-refractivity contribution in [2.45, 2.75) is 45.7 Å². The van der Waals surface area contributed by atoms with Gasteiger partial charge in [0.25, 0.3) is 5.91 Å². The third kappa shape index (κ3) is 3.56. The number of rotatable bonds is 4. The fourth-order valence-corrected chi connectivity index (χ4v) is 4.06. The van der Waals surface area contributed by atoms with Gasteiger partial charge in [0, 0.05) is 23.9 Å². The van der Waals surface area contributed by atoms with Crippen LogP contribution in [-0.4, -0.2) is 32.3 Å². The van der Waals surface area contributed by atoms with Crippen LogP contribution in [0.5, 0.6) is 0 Å². The van der Waals surface area contributed by atoms with E-state index < -0.39 is 29.5 Å². The number of alkyl halides is 3. The van der Waals surface area contributed by atoms with Gasteiger partial charge in [0.15, 0.2) is 0 Å². The number of nitrogens with one attached hydrogen (secondary N) is 1. The largest absolute Gasteiger partial charge is 0.417 e. The van der Waals surface area contributed by atoms with Crippen molar-refractivity contribution in [2.24, 2.45) is 0 Å². The van der Waals surface area contributed by atoms with Gasteiger partial charge in [0.2, 0.25) is 0 Å². The van der Waals surface area contributed by atoms with E-state index in [0.29, 0.717) is 35.7 Å². The number of carbonyl (C=O) groups is 1. The molecule has 2 atom stereocenters. The first-order valence-corrected chi connectivity index (χ1v) is 9.99. The van der Waals surface area contributed by atoms with Gasteiger partial charge in [0.05, 0.1) is 41.0 Å². The number of amides is 1. The van der Waals surface area contributed by atoms with Gasteiger partial charge < -0.3 is 20.4 Å². The van der Waals surface area contributed by atoms with Crippen LogP contribution in [0.1, 0.15) is 65.8 Å². The maximum atomic E-state index is 14.4. The highest BCUT2D eigenvalue weighted by Crippen LogP contribution is 2.38. The number of aromatic amines is 1. The second kappa shape index (κ2) is 7.73. The molecule has 3 aromatic rings. The Labute approximate surface area is 180 Å². The molecule has 0 bridgehead atoms. The van der Waals surface area contributed by atoms with Gasteiger partial charge >= 0.3 is 6.18 Å². The van der Waals surface area contributed by atoms with Crippen molar-refractivity contribution < 1.29 is 27.1 Å². The zero-order valence-electron chi connectivity index (χ0n) is 17.5. The molecule has 32 heavy (non-hydrogen) atoms. The van der Waals surface area contributed by atoms with Crippen LogP contribution in [0.4, 0.5) is 23.4 Å². The number of nitrogen functional groups attached to an aromatic ring is 1. The quantitative estimate of drug-likeness (QED) is 0.569. The lowest BCUT2D eigenvalue weighted by molar-refractivity contribution is -0.138. The molecule has 0 aliphatic carbocycles. The molecule has 4 rings (SSSR count). The minimum absolute atomic E-state index is 0.172. The number of anilines is 1. The van der Waals surface area contributed by atoms with Crippen molar-refractivity contribution >= 4 is 22.8 Å². The Kier molecular flexibility index (Phi) is 5.32. The molecule has 11 heteroatoms. The molecule has 0 saturated carbocycles. The van der Waals surface area contributed by atoms with Crippen LogP contribution >= 0.6 is 0 Å². The normalized spacial score (nSPS) is 16.9. The fraction of sp³-hybridized carbons (Fsp3) is 0.381. The van der Waals surface area contributed by atoms with E-state index in [2.05, 4.69) is 15.0 Å². The number of nitrogens with two attached hydrogens (primary N) is 1.